The molecule has 0 unspecified atom stereocenters. The third-order valence-electron chi connectivity index (χ3n) is 3.74. The highest BCUT2D eigenvalue weighted by Gasteiger charge is 2.43. The summed E-state index contributed by atoms with van der Waals surface area (Å²) in [6, 6.07) is 10.1. The summed E-state index contributed by atoms with van der Waals surface area (Å²) in [5.41, 5.74) is 1.03. The highest BCUT2D eigenvalue weighted by molar-refractivity contribution is 7.99. The number of fused-ring (bicyclic) bond motifs is 1. The number of nitrogens with one attached hydrogen (secondary N) is 1. The largest absolute Gasteiger partial charge is 0.391 e. The first kappa shape index (κ1) is 13.4. The van der Waals surface area contributed by atoms with Gasteiger partial charge < -0.3 is 19.9 Å². The van der Waals surface area contributed by atoms with E-state index in [0.717, 1.165) is 5.56 Å². The molecule has 5 atom stereocenters. The van der Waals surface area contributed by atoms with Crippen molar-refractivity contribution >= 4 is 11.8 Å². The Morgan fingerprint density at radius 2 is 2.11 bits per heavy atom. The zero-order chi connectivity index (χ0) is 13.2. The number of piperidine rings is 1. The Kier molecular flexibility index (Phi) is 4.10. The van der Waals surface area contributed by atoms with Gasteiger partial charge in [0.15, 0.2) is 6.29 Å². The van der Waals surface area contributed by atoms with E-state index in [0.29, 0.717) is 13.2 Å². The van der Waals surface area contributed by atoms with Gasteiger partial charge in [0.05, 0.1) is 30.1 Å². The molecule has 2 aliphatic rings. The molecular formula is C14H19NO3S. The Labute approximate surface area is 117 Å². The summed E-state index contributed by atoms with van der Waals surface area (Å²) in [4.78, 5) is 0. The first-order chi connectivity index (χ1) is 9.29. The molecule has 0 radical (unpaired) electrons. The SMILES string of the molecule is CS[C@@H]1[C@@H]2O[C@H](c3ccccc3)OC[C@H]2NC[C@H]1O. The van der Waals surface area contributed by atoms with E-state index in [1.807, 2.05) is 36.6 Å². The molecule has 2 fully saturated rings. The predicted octanol–water partition coefficient (Wildman–Crippen LogP) is 1.16. The van der Waals surface area contributed by atoms with Crippen molar-refractivity contribution in [3.8, 4) is 0 Å². The summed E-state index contributed by atoms with van der Waals surface area (Å²) in [6.45, 7) is 1.23. The maximum Gasteiger partial charge on any atom is 0.184 e. The minimum atomic E-state index is -0.370. The lowest BCUT2D eigenvalue weighted by Gasteiger charge is -2.45. The third kappa shape index (κ3) is 2.66. The first-order valence-corrected chi connectivity index (χ1v) is 7.84. The van der Waals surface area contributed by atoms with E-state index >= 15 is 0 Å². The first-order valence-electron chi connectivity index (χ1n) is 6.56. The number of aliphatic hydroxyl groups excluding tert-OH is 1. The number of ether oxygens (including phenoxy) is 2. The highest BCUT2D eigenvalue weighted by Crippen LogP contribution is 2.33. The van der Waals surface area contributed by atoms with E-state index in [1.54, 1.807) is 11.8 Å². The van der Waals surface area contributed by atoms with Gasteiger partial charge in [0.1, 0.15) is 0 Å². The topological polar surface area (TPSA) is 50.7 Å². The van der Waals surface area contributed by atoms with E-state index in [-0.39, 0.29) is 29.8 Å². The second-order valence-corrected chi connectivity index (χ2v) is 5.97. The maximum absolute atomic E-state index is 10.1. The van der Waals surface area contributed by atoms with Crippen molar-refractivity contribution < 1.29 is 14.6 Å². The Bertz CT molecular complexity index is 416. The van der Waals surface area contributed by atoms with Gasteiger partial charge in [-0.15, -0.1) is 0 Å². The molecule has 3 rings (SSSR count). The molecule has 1 aromatic carbocycles. The Hall–Kier alpha value is -0.590. The second-order valence-electron chi connectivity index (χ2n) is 4.96. The summed E-state index contributed by atoms with van der Waals surface area (Å²) in [6.07, 6.45) is 1.31. The van der Waals surface area contributed by atoms with Crippen LogP contribution in [0.4, 0.5) is 0 Å². The molecule has 4 nitrogen and oxygen atoms in total. The molecule has 0 spiro atoms. The zero-order valence-electron chi connectivity index (χ0n) is 10.9. The molecule has 0 saturated carbocycles. The number of aliphatic hydroxyl groups is 1. The predicted molar refractivity (Wildman–Crippen MR) is 75.1 cm³/mol. The summed E-state index contributed by atoms with van der Waals surface area (Å²) < 4.78 is 11.9. The molecule has 0 amide bonds. The van der Waals surface area contributed by atoms with Gasteiger partial charge in [0.25, 0.3) is 0 Å². The van der Waals surface area contributed by atoms with Gasteiger partial charge >= 0.3 is 0 Å². The molecule has 0 aliphatic carbocycles. The van der Waals surface area contributed by atoms with Crippen LogP contribution in [-0.4, -0.2) is 48.0 Å². The van der Waals surface area contributed by atoms with Gasteiger partial charge in [-0.3, -0.25) is 0 Å². The fraction of sp³-hybridized carbons (Fsp3) is 0.571. The number of benzene rings is 1. The van der Waals surface area contributed by atoms with Crippen LogP contribution in [0.2, 0.25) is 0 Å². The fourth-order valence-corrected chi connectivity index (χ4v) is 3.66. The lowest BCUT2D eigenvalue weighted by Crippen LogP contribution is -2.63. The Morgan fingerprint density at radius 1 is 1.32 bits per heavy atom. The van der Waals surface area contributed by atoms with Crippen LogP contribution in [0.3, 0.4) is 0 Å². The van der Waals surface area contributed by atoms with Crippen LogP contribution in [-0.2, 0) is 9.47 Å². The maximum atomic E-state index is 10.1. The van der Waals surface area contributed by atoms with Crippen molar-refractivity contribution in [3.63, 3.8) is 0 Å². The van der Waals surface area contributed by atoms with Crippen LogP contribution in [0, 0.1) is 0 Å². The molecule has 2 N–H and O–H groups in total. The van der Waals surface area contributed by atoms with Crippen LogP contribution < -0.4 is 5.32 Å². The van der Waals surface area contributed by atoms with E-state index in [9.17, 15) is 5.11 Å². The summed E-state index contributed by atoms with van der Waals surface area (Å²) >= 11 is 1.67. The van der Waals surface area contributed by atoms with Crippen molar-refractivity contribution in [1.29, 1.82) is 0 Å². The highest BCUT2D eigenvalue weighted by atomic mass is 32.2. The van der Waals surface area contributed by atoms with E-state index in [4.69, 9.17) is 9.47 Å². The molecule has 0 bridgehead atoms. The minimum Gasteiger partial charge on any atom is -0.391 e. The molecule has 0 aromatic heterocycles. The minimum absolute atomic E-state index is 0.0160. The molecule has 5 heteroatoms. The molecule has 19 heavy (non-hydrogen) atoms. The summed E-state index contributed by atoms with van der Waals surface area (Å²) in [7, 11) is 0. The quantitative estimate of drug-likeness (QED) is 0.852. The number of thioether (sulfide) groups is 1. The molecule has 1 aromatic rings. The Balaban J connectivity index is 1.76. The third-order valence-corrected chi connectivity index (χ3v) is 4.87. The van der Waals surface area contributed by atoms with Gasteiger partial charge in [0, 0.05) is 12.1 Å². The second kappa shape index (κ2) is 5.81. The fourth-order valence-electron chi connectivity index (χ4n) is 2.73. The lowest BCUT2D eigenvalue weighted by molar-refractivity contribution is -0.238. The monoisotopic (exact) mass is 281 g/mol. The van der Waals surface area contributed by atoms with Gasteiger partial charge in [0.2, 0.25) is 0 Å². The smallest absolute Gasteiger partial charge is 0.184 e. The normalized spacial score (nSPS) is 38.7. The summed E-state index contributed by atoms with van der Waals surface area (Å²) in [5, 5.41) is 13.5. The number of hydrogen-bond donors (Lipinski definition) is 2. The zero-order valence-corrected chi connectivity index (χ0v) is 11.7. The van der Waals surface area contributed by atoms with E-state index in [2.05, 4.69) is 5.32 Å². The van der Waals surface area contributed by atoms with Gasteiger partial charge in [-0.05, 0) is 6.26 Å². The lowest BCUT2D eigenvalue weighted by atomic mass is 9.97. The van der Waals surface area contributed by atoms with Crippen molar-refractivity contribution in [2.45, 2.75) is 29.8 Å². The average Bonchev–Trinajstić information content (AvgIpc) is 2.47. The van der Waals surface area contributed by atoms with Crippen molar-refractivity contribution in [2.75, 3.05) is 19.4 Å². The van der Waals surface area contributed by atoms with Crippen molar-refractivity contribution in [3.05, 3.63) is 35.9 Å². The average molecular weight is 281 g/mol. The van der Waals surface area contributed by atoms with Crippen LogP contribution in [0.25, 0.3) is 0 Å². The van der Waals surface area contributed by atoms with Crippen molar-refractivity contribution in [2.24, 2.45) is 0 Å². The molecule has 2 heterocycles. The molecule has 104 valence electrons. The number of hydrogen-bond acceptors (Lipinski definition) is 5. The number of β-amino-alcohol motifs (C(OH)–C–C–N with tert-alkyl or cyclic N) is 1. The van der Waals surface area contributed by atoms with Crippen LogP contribution in [0.5, 0.6) is 0 Å². The molecular weight excluding hydrogens is 262 g/mol. The van der Waals surface area contributed by atoms with Crippen LogP contribution in [0.15, 0.2) is 30.3 Å². The van der Waals surface area contributed by atoms with Crippen LogP contribution >= 0.6 is 11.8 Å². The standard InChI is InChI=1S/C14H19NO3S/c1-19-13-11(16)7-15-10-8-17-14(18-12(10)13)9-5-3-2-4-6-9/h2-6,10-16H,7-8H2,1H3/t10-,11-,12-,13+,14-/m1/s1. The van der Waals surface area contributed by atoms with E-state index in [1.165, 1.54) is 0 Å². The van der Waals surface area contributed by atoms with E-state index < -0.39 is 0 Å². The summed E-state index contributed by atoms with van der Waals surface area (Å²) in [5.74, 6) is 0. The van der Waals surface area contributed by atoms with Crippen LogP contribution in [0.1, 0.15) is 11.9 Å². The molecule has 2 saturated heterocycles. The Morgan fingerprint density at radius 3 is 2.84 bits per heavy atom. The van der Waals surface area contributed by atoms with Crippen molar-refractivity contribution in [1.82, 2.24) is 5.32 Å². The van der Waals surface area contributed by atoms with Gasteiger partial charge in [-0.25, -0.2) is 0 Å². The van der Waals surface area contributed by atoms with Gasteiger partial charge in [-0.1, -0.05) is 30.3 Å². The van der Waals surface area contributed by atoms with Gasteiger partial charge in [-0.2, -0.15) is 11.8 Å². The molecule has 2 aliphatic heterocycles. The number of rotatable bonds is 2.